The topological polar surface area (TPSA) is 66.5 Å². The molecule has 0 atom stereocenters. The quantitative estimate of drug-likeness (QED) is 0.599. The van der Waals surface area contributed by atoms with Gasteiger partial charge in [0.05, 0.1) is 0 Å². The first-order chi connectivity index (χ1) is 8.53. The van der Waals surface area contributed by atoms with Gasteiger partial charge in [-0.15, -0.1) is 0 Å². The normalized spacial score (nSPS) is 19.5. The van der Waals surface area contributed by atoms with E-state index in [1.165, 1.54) is 0 Å². The van der Waals surface area contributed by atoms with Gasteiger partial charge in [-0.25, -0.2) is 4.79 Å². The van der Waals surface area contributed by atoms with Crippen LogP contribution in [0.3, 0.4) is 0 Å². The number of barbiturate groups is 1. The van der Waals surface area contributed by atoms with Crippen molar-refractivity contribution in [2.75, 3.05) is 6.54 Å². The van der Waals surface area contributed by atoms with Gasteiger partial charge in [0.1, 0.15) is 5.41 Å². The predicted octanol–water partition coefficient (Wildman–Crippen LogP) is 1.84. The highest BCUT2D eigenvalue weighted by Gasteiger charge is 2.51. The average Bonchev–Trinajstić information content (AvgIpc) is 2.35. The number of nitrogens with one attached hydrogen (secondary N) is 1. The van der Waals surface area contributed by atoms with Crippen LogP contribution < -0.4 is 5.32 Å². The van der Waals surface area contributed by atoms with E-state index in [2.05, 4.69) is 5.32 Å². The molecule has 0 aromatic heterocycles. The van der Waals surface area contributed by atoms with Crippen LogP contribution in [-0.2, 0) is 9.59 Å². The zero-order valence-corrected chi connectivity index (χ0v) is 11.2. The molecule has 5 nitrogen and oxygen atoms in total. The first-order valence-corrected chi connectivity index (χ1v) is 6.32. The van der Waals surface area contributed by atoms with E-state index in [4.69, 9.17) is 0 Å². The van der Waals surface area contributed by atoms with Gasteiger partial charge in [-0.05, 0) is 26.2 Å². The Labute approximate surface area is 107 Å². The first kappa shape index (κ1) is 14.4. The summed E-state index contributed by atoms with van der Waals surface area (Å²) in [4.78, 5) is 37.1. The van der Waals surface area contributed by atoms with Gasteiger partial charge in [0.15, 0.2) is 0 Å². The Hall–Kier alpha value is -1.65. The molecule has 1 rings (SSSR count). The molecule has 0 unspecified atom stereocenters. The summed E-state index contributed by atoms with van der Waals surface area (Å²) in [7, 11) is 0. The minimum Gasteiger partial charge on any atom is -0.277 e. The van der Waals surface area contributed by atoms with Crippen LogP contribution in [0.1, 0.15) is 40.0 Å². The third-order valence-corrected chi connectivity index (χ3v) is 3.52. The van der Waals surface area contributed by atoms with Crippen LogP contribution in [0.2, 0.25) is 0 Å². The van der Waals surface area contributed by atoms with Crippen molar-refractivity contribution in [3.05, 3.63) is 12.2 Å². The smallest absolute Gasteiger partial charge is 0.277 e. The third-order valence-electron chi connectivity index (χ3n) is 3.52. The molecular formula is C13H20N2O3. The van der Waals surface area contributed by atoms with Crippen molar-refractivity contribution >= 4 is 17.8 Å². The van der Waals surface area contributed by atoms with Crippen molar-refractivity contribution in [3.8, 4) is 0 Å². The maximum atomic E-state index is 12.3. The Morgan fingerprint density at radius 3 is 2.33 bits per heavy atom. The number of hydrogen-bond acceptors (Lipinski definition) is 3. The molecular weight excluding hydrogens is 232 g/mol. The highest BCUT2D eigenvalue weighted by Crippen LogP contribution is 2.32. The molecule has 1 saturated heterocycles. The highest BCUT2D eigenvalue weighted by atomic mass is 16.2. The number of nitrogens with zero attached hydrogens (tertiary/aromatic N) is 1. The van der Waals surface area contributed by atoms with Gasteiger partial charge < -0.3 is 0 Å². The zero-order valence-electron chi connectivity index (χ0n) is 11.2. The standard InChI is InChI=1S/C13H20N2O3/c1-4-7-8-9-15-11(17)13(5-2,6-3)10(16)14-12(15)18/h4,7H,5-6,8-9H2,1-3H3,(H,14,16,18)/b7-4+. The highest BCUT2D eigenvalue weighted by molar-refractivity contribution is 6.19. The number of imide groups is 2. The van der Waals surface area contributed by atoms with Crippen molar-refractivity contribution in [3.63, 3.8) is 0 Å². The number of rotatable bonds is 5. The van der Waals surface area contributed by atoms with E-state index in [9.17, 15) is 14.4 Å². The predicted molar refractivity (Wildman–Crippen MR) is 67.7 cm³/mol. The lowest BCUT2D eigenvalue weighted by atomic mass is 9.78. The fourth-order valence-corrected chi connectivity index (χ4v) is 2.18. The minimum atomic E-state index is -1.08. The Morgan fingerprint density at radius 1 is 1.22 bits per heavy atom. The van der Waals surface area contributed by atoms with Crippen molar-refractivity contribution in [1.29, 1.82) is 0 Å². The Bertz CT molecular complexity index is 384. The van der Waals surface area contributed by atoms with Gasteiger partial charge >= 0.3 is 6.03 Å². The first-order valence-electron chi connectivity index (χ1n) is 6.32. The molecule has 0 aromatic carbocycles. The molecule has 0 radical (unpaired) electrons. The molecule has 1 aliphatic rings. The number of carbonyl (C=O) groups is 3. The molecule has 1 N–H and O–H groups in total. The lowest BCUT2D eigenvalue weighted by molar-refractivity contribution is -0.152. The van der Waals surface area contributed by atoms with Crippen LogP contribution >= 0.6 is 0 Å². The number of amides is 4. The van der Waals surface area contributed by atoms with E-state index in [0.717, 1.165) is 4.90 Å². The van der Waals surface area contributed by atoms with Crippen LogP contribution in [0.15, 0.2) is 12.2 Å². The second-order valence-corrected chi connectivity index (χ2v) is 4.36. The summed E-state index contributed by atoms with van der Waals surface area (Å²) in [5.41, 5.74) is -1.08. The summed E-state index contributed by atoms with van der Waals surface area (Å²) in [5, 5.41) is 2.28. The van der Waals surface area contributed by atoms with E-state index >= 15 is 0 Å². The molecule has 0 bridgehead atoms. The summed E-state index contributed by atoms with van der Waals surface area (Å²) in [6, 6.07) is -0.605. The van der Waals surface area contributed by atoms with E-state index in [1.807, 2.05) is 19.1 Å². The van der Waals surface area contributed by atoms with E-state index in [0.29, 0.717) is 25.8 Å². The fourth-order valence-electron chi connectivity index (χ4n) is 2.18. The maximum absolute atomic E-state index is 12.3. The van der Waals surface area contributed by atoms with Crippen molar-refractivity contribution in [2.24, 2.45) is 5.41 Å². The summed E-state index contributed by atoms with van der Waals surface area (Å²) in [6.07, 6.45) is 5.16. The molecule has 1 fully saturated rings. The van der Waals surface area contributed by atoms with Gasteiger partial charge in [0, 0.05) is 6.54 Å². The monoisotopic (exact) mass is 252 g/mol. The molecule has 1 aliphatic heterocycles. The van der Waals surface area contributed by atoms with E-state index in [1.54, 1.807) is 13.8 Å². The average molecular weight is 252 g/mol. The number of urea groups is 1. The van der Waals surface area contributed by atoms with Crippen molar-refractivity contribution < 1.29 is 14.4 Å². The van der Waals surface area contributed by atoms with Crippen molar-refractivity contribution in [2.45, 2.75) is 40.0 Å². The molecule has 100 valence electrons. The summed E-state index contributed by atoms with van der Waals surface area (Å²) < 4.78 is 0. The van der Waals surface area contributed by atoms with E-state index in [-0.39, 0.29) is 5.91 Å². The lowest BCUT2D eigenvalue weighted by Crippen LogP contribution is -2.63. The Balaban J connectivity index is 2.95. The van der Waals surface area contributed by atoms with Gasteiger partial charge in [0.2, 0.25) is 11.8 Å². The Morgan fingerprint density at radius 2 is 1.83 bits per heavy atom. The van der Waals surface area contributed by atoms with Gasteiger partial charge in [-0.2, -0.15) is 0 Å². The molecule has 0 saturated carbocycles. The van der Waals surface area contributed by atoms with Gasteiger partial charge in [0.25, 0.3) is 0 Å². The van der Waals surface area contributed by atoms with E-state index < -0.39 is 17.4 Å². The minimum absolute atomic E-state index is 0.310. The molecule has 0 aromatic rings. The summed E-state index contributed by atoms with van der Waals surface area (Å²) >= 11 is 0. The van der Waals surface area contributed by atoms with Crippen LogP contribution in [-0.4, -0.2) is 29.3 Å². The third kappa shape index (κ3) is 2.30. The van der Waals surface area contributed by atoms with Crippen LogP contribution in [0.5, 0.6) is 0 Å². The summed E-state index contributed by atoms with van der Waals surface area (Å²) in [5.74, 6) is -0.837. The SMILES string of the molecule is C/C=C/CCN1C(=O)NC(=O)C(CC)(CC)C1=O. The number of hydrogen-bond donors (Lipinski definition) is 1. The van der Waals surface area contributed by atoms with Gasteiger partial charge in [-0.3, -0.25) is 19.8 Å². The Kier molecular flexibility index (Phi) is 4.64. The molecule has 0 spiro atoms. The van der Waals surface area contributed by atoms with Crippen LogP contribution in [0.4, 0.5) is 4.79 Å². The lowest BCUT2D eigenvalue weighted by Gasteiger charge is -2.38. The van der Waals surface area contributed by atoms with Crippen molar-refractivity contribution in [1.82, 2.24) is 10.2 Å². The number of allylic oxidation sites excluding steroid dienone is 1. The molecule has 1 heterocycles. The largest absolute Gasteiger partial charge is 0.330 e. The van der Waals surface area contributed by atoms with Crippen LogP contribution in [0.25, 0.3) is 0 Å². The van der Waals surface area contributed by atoms with Gasteiger partial charge in [-0.1, -0.05) is 26.0 Å². The second kappa shape index (κ2) is 5.80. The zero-order chi connectivity index (χ0) is 13.8. The molecule has 5 heteroatoms. The second-order valence-electron chi connectivity index (χ2n) is 4.36. The summed E-state index contributed by atoms with van der Waals surface area (Å²) in [6.45, 7) is 5.77. The number of carbonyl (C=O) groups excluding carboxylic acids is 3. The van der Waals surface area contributed by atoms with Crippen LogP contribution in [0, 0.1) is 5.41 Å². The fraction of sp³-hybridized carbons (Fsp3) is 0.615. The molecule has 0 aliphatic carbocycles. The molecule has 4 amide bonds. The molecule has 18 heavy (non-hydrogen) atoms. The maximum Gasteiger partial charge on any atom is 0.330 e.